The number of aromatic nitrogens is 3. The molecular weight excluding hydrogens is 368 g/mol. The Bertz CT molecular complexity index is 827. The highest BCUT2D eigenvalue weighted by Crippen LogP contribution is 2.32. The van der Waals surface area contributed by atoms with Gasteiger partial charge in [-0.2, -0.15) is 4.98 Å². The molecule has 0 aliphatic rings. The van der Waals surface area contributed by atoms with Crippen molar-refractivity contribution in [1.29, 1.82) is 0 Å². The first-order chi connectivity index (χ1) is 10.6. The van der Waals surface area contributed by atoms with Crippen LogP contribution in [0.1, 0.15) is 6.92 Å². The van der Waals surface area contributed by atoms with Crippen LogP contribution in [-0.2, 0) is 4.79 Å². The number of fused-ring (bicyclic) bond motifs is 1. The first-order valence-corrected chi connectivity index (χ1v) is 8.32. The summed E-state index contributed by atoms with van der Waals surface area (Å²) in [5.41, 5.74) is 1.80. The van der Waals surface area contributed by atoms with Crippen LogP contribution in [0.3, 0.4) is 0 Å². The molecule has 1 atom stereocenters. The third-order valence-electron chi connectivity index (χ3n) is 3.06. The van der Waals surface area contributed by atoms with E-state index in [-0.39, 0.29) is 10.7 Å². The Labute approximate surface area is 139 Å². The smallest absolute Gasteiger partial charge is 0.250 e. The van der Waals surface area contributed by atoms with E-state index in [1.807, 2.05) is 29.6 Å². The van der Waals surface area contributed by atoms with Crippen LogP contribution < -0.4 is 10.1 Å². The summed E-state index contributed by atoms with van der Waals surface area (Å²) in [4.78, 5) is 16.4. The number of carbonyl (C=O) groups excluding carboxylic acids is 1. The maximum Gasteiger partial charge on any atom is 0.250 e. The quantitative estimate of drug-likeness (QED) is 0.705. The molecule has 0 radical (unpaired) electrons. The maximum absolute atomic E-state index is 11.7. The third-order valence-corrected chi connectivity index (χ3v) is 4.29. The molecular formula is C14H13BrN4O2S. The van der Waals surface area contributed by atoms with Crippen LogP contribution in [0, 0.1) is 0 Å². The molecule has 2 aromatic heterocycles. The van der Waals surface area contributed by atoms with Crippen LogP contribution in [0.4, 0.5) is 5.95 Å². The first kappa shape index (κ1) is 15.0. The predicted molar refractivity (Wildman–Crippen MR) is 89.9 cm³/mol. The molecule has 1 unspecified atom stereocenters. The van der Waals surface area contributed by atoms with Crippen molar-refractivity contribution in [3.63, 3.8) is 0 Å². The number of hydrogen-bond donors (Lipinski definition) is 1. The van der Waals surface area contributed by atoms with E-state index in [4.69, 9.17) is 4.74 Å². The fraction of sp³-hybridized carbons (Fsp3) is 0.214. The summed E-state index contributed by atoms with van der Waals surface area (Å²) in [6.45, 7) is 1.74. The Hall–Kier alpha value is -1.93. The molecule has 0 saturated heterocycles. The van der Waals surface area contributed by atoms with Gasteiger partial charge in [-0.05, 0) is 19.1 Å². The van der Waals surface area contributed by atoms with Crippen LogP contribution in [-0.4, -0.2) is 32.4 Å². The second-order valence-electron chi connectivity index (χ2n) is 4.56. The summed E-state index contributed by atoms with van der Waals surface area (Å²) in [6, 6.07) is 7.70. The maximum atomic E-state index is 11.7. The number of para-hydroxylation sites is 1. The summed E-state index contributed by atoms with van der Waals surface area (Å²) in [7, 11) is 1.63. The SMILES string of the molecule is COc1ccccc1-c1csc2nc(NC(=O)C(C)Br)nn12. The zero-order valence-electron chi connectivity index (χ0n) is 11.9. The zero-order valence-corrected chi connectivity index (χ0v) is 14.3. The molecule has 3 aromatic rings. The van der Waals surface area contributed by atoms with Crippen molar-refractivity contribution < 1.29 is 9.53 Å². The van der Waals surface area contributed by atoms with E-state index >= 15 is 0 Å². The topological polar surface area (TPSA) is 68.5 Å². The number of hydrogen-bond acceptors (Lipinski definition) is 5. The number of nitrogens with zero attached hydrogens (tertiary/aromatic N) is 3. The first-order valence-electron chi connectivity index (χ1n) is 6.52. The number of alkyl halides is 1. The number of thiazole rings is 1. The van der Waals surface area contributed by atoms with Gasteiger partial charge in [-0.15, -0.1) is 16.4 Å². The minimum Gasteiger partial charge on any atom is -0.496 e. The van der Waals surface area contributed by atoms with Gasteiger partial charge in [0.15, 0.2) is 0 Å². The number of carbonyl (C=O) groups is 1. The minimum atomic E-state index is -0.303. The Morgan fingerprint density at radius 2 is 2.23 bits per heavy atom. The van der Waals surface area contributed by atoms with E-state index in [0.717, 1.165) is 17.0 Å². The number of halogens is 1. The van der Waals surface area contributed by atoms with Crippen molar-refractivity contribution in [2.24, 2.45) is 0 Å². The molecule has 114 valence electrons. The van der Waals surface area contributed by atoms with Gasteiger partial charge in [0, 0.05) is 10.9 Å². The van der Waals surface area contributed by atoms with Gasteiger partial charge in [-0.3, -0.25) is 10.1 Å². The van der Waals surface area contributed by atoms with Crippen molar-refractivity contribution in [1.82, 2.24) is 14.6 Å². The van der Waals surface area contributed by atoms with Gasteiger partial charge in [0.05, 0.1) is 17.6 Å². The van der Waals surface area contributed by atoms with Gasteiger partial charge < -0.3 is 4.74 Å². The number of ether oxygens (including phenoxy) is 1. The van der Waals surface area contributed by atoms with Crippen LogP contribution in [0.25, 0.3) is 16.2 Å². The Morgan fingerprint density at radius 1 is 1.45 bits per heavy atom. The molecule has 1 N–H and O–H groups in total. The second-order valence-corrected chi connectivity index (χ2v) is 6.77. The van der Waals surface area contributed by atoms with Crippen LogP contribution in [0.2, 0.25) is 0 Å². The van der Waals surface area contributed by atoms with E-state index in [1.54, 1.807) is 18.5 Å². The van der Waals surface area contributed by atoms with Crippen LogP contribution >= 0.6 is 27.3 Å². The van der Waals surface area contributed by atoms with Gasteiger partial charge in [0.1, 0.15) is 5.75 Å². The summed E-state index contributed by atoms with van der Waals surface area (Å²) >= 11 is 4.67. The molecule has 0 fully saturated rings. The normalized spacial score (nSPS) is 12.3. The molecule has 2 heterocycles. The molecule has 0 saturated carbocycles. The number of nitrogens with one attached hydrogen (secondary N) is 1. The van der Waals surface area contributed by atoms with Gasteiger partial charge in [0.2, 0.25) is 16.8 Å². The number of amides is 1. The fourth-order valence-electron chi connectivity index (χ4n) is 1.99. The largest absolute Gasteiger partial charge is 0.496 e. The lowest BCUT2D eigenvalue weighted by Gasteiger charge is -2.06. The molecule has 8 heteroatoms. The Kier molecular flexibility index (Phi) is 4.12. The molecule has 0 bridgehead atoms. The van der Waals surface area contributed by atoms with Crippen molar-refractivity contribution >= 4 is 44.1 Å². The minimum absolute atomic E-state index is 0.183. The van der Waals surface area contributed by atoms with E-state index in [9.17, 15) is 4.79 Å². The predicted octanol–water partition coefficient (Wildman–Crippen LogP) is 3.19. The second kappa shape index (κ2) is 6.05. The number of anilines is 1. The molecule has 0 aliphatic heterocycles. The lowest BCUT2D eigenvalue weighted by atomic mass is 10.1. The molecule has 22 heavy (non-hydrogen) atoms. The van der Waals surface area contributed by atoms with E-state index < -0.39 is 0 Å². The summed E-state index contributed by atoms with van der Waals surface area (Å²) in [6.07, 6.45) is 0. The molecule has 3 rings (SSSR count). The molecule has 0 spiro atoms. The van der Waals surface area contributed by atoms with Crippen molar-refractivity contribution in [3.8, 4) is 17.0 Å². The third kappa shape index (κ3) is 2.71. The van der Waals surface area contributed by atoms with Crippen LogP contribution in [0.15, 0.2) is 29.6 Å². The van der Waals surface area contributed by atoms with Crippen LogP contribution in [0.5, 0.6) is 5.75 Å². The Balaban J connectivity index is 2.02. The highest BCUT2D eigenvalue weighted by atomic mass is 79.9. The van der Waals surface area contributed by atoms with Gasteiger partial charge >= 0.3 is 0 Å². The zero-order chi connectivity index (χ0) is 15.7. The summed E-state index contributed by atoms with van der Waals surface area (Å²) in [5.74, 6) is 0.869. The lowest BCUT2D eigenvalue weighted by molar-refractivity contribution is -0.115. The van der Waals surface area contributed by atoms with Gasteiger partial charge in [0.25, 0.3) is 0 Å². The van der Waals surface area contributed by atoms with Crippen molar-refractivity contribution in [2.75, 3.05) is 12.4 Å². The Morgan fingerprint density at radius 3 is 2.95 bits per heavy atom. The molecule has 1 amide bonds. The van der Waals surface area contributed by atoms with Crippen molar-refractivity contribution in [3.05, 3.63) is 29.6 Å². The van der Waals surface area contributed by atoms with Gasteiger partial charge in [-0.25, -0.2) is 4.52 Å². The number of benzene rings is 1. The lowest BCUT2D eigenvalue weighted by Crippen LogP contribution is -2.20. The van der Waals surface area contributed by atoms with Gasteiger partial charge in [-0.1, -0.05) is 28.1 Å². The molecule has 1 aromatic carbocycles. The monoisotopic (exact) mass is 380 g/mol. The highest BCUT2D eigenvalue weighted by Gasteiger charge is 2.16. The van der Waals surface area contributed by atoms with Crippen molar-refractivity contribution in [2.45, 2.75) is 11.8 Å². The fourth-order valence-corrected chi connectivity index (χ4v) is 2.92. The highest BCUT2D eigenvalue weighted by molar-refractivity contribution is 9.10. The molecule has 6 nitrogen and oxygen atoms in total. The number of methoxy groups -OCH3 is 1. The van der Waals surface area contributed by atoms with E-state index in [2.05, 4.69) is 31.3 Å². The summed E-state index contributed by atoms with van der Waals surface area (Å²) in [5, 5.41) is 8.99. The van der Waals surface area contributed by atoms with E-state index in [1.165, 1.54) is 11.3 Å². The molecule has 0 aliphatic carbocycles. The number of rotatable bonds is 4. The standard InChI is InChI=1S/C14H13BrN4O2S/c1-8(15)12(20)16-13-17-14-19(18-13)10(7-22-14)9-5-3-4-6-11(9)21-2/h3-8H,1-2H3,(H,16,18,20). The summed E-state index contributed by atoms with van der Waals surface area (Å²) < 4.78 is 7.09. The average molecular weight is 381 g/mol. The van der Waals surface area contributed by atoms with E-state index in [0.29, 0.717) is 10.9 Å². The average Bonchev–Trinajstić information content (AvgIpc) is 3.06.